The molecular formula is C18H22ClN5O. The normalized spacial score (nSPS) is 17.2. The lowest BCUT2D eigenvalue weighted by molar-refractivity contribution is 0.182. The van der Waals surface area contributed by atoms with Gasteiger partial charge in [0.2, 0.25) is 0 Å². The summed E-state index contributed by atoms with van der Waals surface area (Å²) >= 11 is 5.88. The van der Waals surface area contributed by atoms with E-state index in [4.69, 9.17) is 11.6 Å². The Morgan fingerprint density at radius 1 is 1.36 bits per heavy atom. The molecule has 2 heterocycles. The van der Waals surface area contributed by atoms with Crippen LogP contribution in [-0.2, 0) is 6.54 Å². The number of carbonyl (C=O) groups is 1. The van der Waals surface area contributed by atoms with Crippen LogP contribution in [0, 0.1) is 0 Å². The molecule has 1 aromatic heterocycles. The van der Waals surface area contributed by atoms with Gasteiger partial charge >= 0.3 is 6.03 Å². The molecule has 7 heteroatoms. The Morgan fingerprint density at radius 2 is 2.16 bits per heavy atom. The van der Waals surface area contributed by atoms with Crippen molar-refractivity contribution in [2.75, 3.05) is 25.0 Å². The second-order valence-corrected chi connectivity index (χ2v) is 6.66. The van der Waals surface area contributed by atoms with Crippen molar-refractivity contribution in [2.45, 2.75) is 25.4 Å². The highest BCUT2D eigenvalue weighted by molar-refractivity contribution is 6.30. The van der Waals surface area contributed by atoms with Gasteiger partial charge in [-0.1, -0.05) is 23.7 Å². The summed E-state index contributed by atoms with van der Waals surface area (Å²) < 4.78 is 0. The molecule has 0 saturated carbocycles. The number of likely N-dealkylation sites (N-methyl/N-ethyl adjacent to an activating group) is 1. The molecule has 0 radical (unpaired) electrons. The number of carbonyl (C=O) groups excluding carboxylic acids is 1. The molecule has 0 spiro atoms. The number of nitrogens with one attached hydrogen (secondary N) is 1. The molecule has 1 aliphatic heterocycles. The summed E-state index contributed by atoms with van der Waals surface area (Å²) in [5, 5.41) is 11.8. The van der Waals surface area contributed by atoms with Gasteiger partial charge in [0.1, 0.15) is 0 Å². The van der Waals surface area contributed by atoms with Gasteiger partial charge in [0.25, 0.3) is 0 Å². The number of piperidine rings is 1. The average molecular weight is 360 g/mol. The standard InChI is InChI=1S/C18H22ClN5O/c1-23(18(25)20-12-14-6-8-15(19)9-7-14)16-4-3-11-24(13-16)17-5-2-10-21-22-17/h2,5-10,16H,3-4,11-13H2,1H3,(H,20,25)/t16-/m1/s1. The number of hydrogen-bond acceptors (Lipinski definition) is 4. The van der Waals surface area contributed by atoms with Crippen molar-refractivity contribution < 1.29 is 4.79 Å². The number of rotatable bonds is 4. The highest BCUT2D eigenvalue weighted by Gasteiger charge is 2.26. The van der Waals surface area contributed by atoms with Crippen LogP contribution in [0.3, 0.4) is 0 Å². The molecule has 2 aromatic rings. The van der Waals surface area contributed by atoms with Crippen molar-refractivity contribution >= 4 is 23.4 Å². The van der Waals surface area contributed by atoms with Gasteiger partial charge in [-0.25, -0.2) is 4.79 Å². The van der Waals surface area contributed by atoms with Gasteiger partial charge in [-0.05, 0) is 42.7 Å². The van der Waals surface area contributed by atoms with E-state index in [1.807, 2.05) is 43.4 Å². The van der Waals surface area contributed by atoms with E-state index in [0.717, 1.165) is 37.3 Å². The number of aromatic nitrogens is 2. The van der Waals surface area contributed by atoms with E-state index in [2.05, 4.69) is 20.4 Å². The topological polar surface area (TPSA) is 61.4 Å². The molecule has 1 fully saturated rings. The van der Waals surface area contributed by atoms with Gasteiger partial charge in [0.15, 0.2) is 5.82 Å². The van der Waals surface area contributed by atoms with Crippen molar-refractivity contribution in [3.63, 3.8) is 0 Å². The summed E-state index contributed by atoms with van der Waals surface area (Å²) in [4.78, 5) is 16.4. The number of halogens is 1. The van der Waals surface area contributed by atoms with Crippen molar-refractivity contribution in [2.24, 2.45) is 0 Å². The minimum absolute atomic E-state index is 0.0686. The first kappa shape index (κ1) is 17.5. The van der Waals surface area contributed by atoms with E-state index in [9.17, 15) is 4.79 Å². The summed E-state index contributed by atoms with van der Waals surface area (Å²) in [7, 11) is 1.85. The average Bonchev–Trinajstić information content (AvgIpc) is 2.67. The van der Waals surface area contributed by atoms with Gasteiger partial charge < -0.3 is 15.1 Å². The fourth-order valence-corrected chi connectivity index (χ4v) is 3.14. The Kier molecular flexibility index (Phi) is 5.71. The second-order valence-electron chi connectivity index (χ2n) is 6.22. The van der Waals surface area contributed by atoms with Crippen LogP contribution in [0.25, 0.3) is 0 Å². The van der Waals surface area contributed by atoms with Crippen LogP contribution in [0.1, 0.15) is 18.4 Å². The van der Waals surface area contributed by atoms with Crippen LogP contribution in [0.5, 0.6) is 0 Å². The van der Waals surface area contributed by atoms with Gasteiger partial charge in [0, 0.05) is 37.9 Å². The Hall–Kier alpha value is -2.34. The highest BCUT2D eigenvalue weighted by Crippen LogP contribution is 2.19. The van der Waals surface area contributed by atoms with Gasteiger partial charge in [-0.3, -0.25) is 0 Å². The predicted molar refractivity (Wildman–Crippen MR) is 98.7 cm³/mol. The predicted octanol–water partition coefficient (Wildman–Crippen LogP) is 2.94. The van der Waals surface area contributed by atoms with Crippen molar-refractivity contribution in [1.82, 2.24) is 20.4 Å². The molecule has 1 aliphatic rings. The number of urea groups is 1. The van der Waals surface area contributed by atoms with Gasteiger partial charge in [-0.15, -0.1) is 5.10 Å². The first-order valence-electron chi connectivity index (χ1n) is 8.41. The smallest absolute Gasteiger partial charge is 0.317 e. The minimum atomic E-state index is -0.0686. The second kappa shape index (κ2) is 8.16. The fourth-order valence-electron chi connectivity index (χ4n) is 3.01. The summed E-state index contributed by atoms with van der Waals surface area (Å²) in [6.45, 7) is 2.19. The summed E-state index contributed by atoms with van der Waals surface area (Å²) in [5.41, 5.74) is 1.02. The SMILES string of the molecule is CN(C(=O)NCc1ccc(Cl)cc1)[C@@H]1CCCN(c2cccnn2)C1. The van der Waals surface area contributed by atoms with Crippen LogP contribution < -0.4 is 10.2 Å². The molecule has 0 aliphatic carbocycles. The number of amides is 2. The van der Waals surface area contributed by atoms with Crippen molar-refractivity contribution in [3.05, 3.63) is 53.2 Å². The first-order chi connectivity index (χ1) is 12.1. The maximum atomic E-state index is 12.5. The first-order valence-corrected chi connectivity index (χ1v) is 8.79. The molecule has 132 valence electrons. The highest BCUT2D eigenvalue weighted by atomic mass is 35.5. The molecule has 1 saturated heterocycles. The zero-order chi connectivity index (χ0) is 17.6. The molecule has 1 N–H and O–H groups in total. The van der Waals surface area contributed by atoms with Gasteiger partial charge in [0.05, 0.1) is 6.04 Å². The third-order valence-corrected chi connectivity index (χ3v) is 4.76. The minimum Gasteiger partial charge on any atom is -0.353 e. The van der Waals surface area contributed by atoms with Crippen LogP contribution in [0.15, 0.2) is 42.6 Å². The molecule has 6 nitrogen and oxygen atoms in total. The fraction of sp³-hybridized carbons (Fsp3) is 0.389. The lowest BCUT2D eigenvalue weighted by atomic mass is 10.0. The molecule has 1 aromatic carbocycles. The van der Waals surface area contributed by atoms with Crippen LogP contribution in [0.2, 0.25) is 5.02 Å². The molecule has 0 bridgehead atoms. The molecule has 0 unspecified atom stereocenters. The van der Waals surface area contributed by atoms with Crippen LogP contribution >= 0.6 is 11.6 Å². The summed E-state index contributed by atoms with van der Waals surface area (Å²) in [5.74, 6) is 0.863. The molecule has 1 atom stereocenters. The van der Waals surface area contributed by atoms with E-state index < -0.39 is 0 Å². The zero-order valence-electron chi connectivity index (χ0n) is 14.2. The molecule has 3 rings (SSSR count). The zero-order valence-corrected chi connectivity index (χ0v) is 15.0. The van der Waals surface area contributed by atoms with Crippen LogP contribution in [0.4, 0.5) is 10.6 Å². The van der Waals surface area contributed by atoms with Crippen molar-refractivity contribution in [3.8, 4) is 0 Å². The van der Waals surface area contributed by atoms with E-state index in [-0.39, 0.29) is 12.1 Å². The number of benzene rings is 1. The Bertz CT molecular complexity index is 694. The Morgan fingerprint density at radius 3 is 2.88 bits per heavy atom. The Labute approximate surface area is 152 Å². The van der Waals surface area contributed by atoms with Gasteiger partial charge in [-0.2, -0.15) is 5.10 Å². The number of anilines is 1. The molecule has 2 amide bonds. The third kappa shape index (κ3) is 4.60. The summed E-state index contributed by atoms with van der Waals surface area (Å²) in [6.07, 6.45) is 3.68. The lowest BCUT2D eigenvalue weighted by Crippen LogP contribution is -2.51. The number of hydrogen-bond donors (Lipinski definition) is 1. The van der Waals surface area contributed by atoms with E-state index >= 15 is 0 Å². The third-order valence-electron chi connectivity index (χ3n) is 4.50. The van der Waals surface area contributed by atoms with E-state index in [0.29, 0.717) is 11.6 Å². The molecule has 25 heavy (non-hydrogen) atoms. The van der Waals surface area contributed by atoms with E-state index in [1.165, 1.54) is 0 Å². The maximum Gasteiger partial charge on any atom is 0.317 e. The largest absolute Gasteiger partial charge is 0.353 e. The summed E-state index contributed by atoms with van der Waals surface area (Å²) in [6, 6.07) is 11.4. The van der Waals surface area contributed by atoms with E-state index in [1.54, 1.807) is 11.1 Å². The quantitative estimate of drug-likeness (QED) is 0.911. The van der Waals surface area contributed by atoms with Crippen LogP contribution in [-0.4, -0.2) is 47.3 Å². The van der Waals surface area contributed by atoms with Crippen molar-refractivity contribution in [1.29, 1.82) is 0 Å². The Balaban J connectivity index is 1.55. The monoisotopic (exact) mass is 359 g/mol. The maximum absolute atomic E-state index is 12.5. The number of nitrogens with zero attached hydrogens (tertiary/aromatic N) is 4. The molecular weight excluding hydrogens is 338 g/mol. The lowest BCUT2D eigenvalue weighted by Gasteiger charge is -2.37.